The van der Waals surface area contributed by atoms with Gasteiger partial charge in [0.15, 0.2) is 5.82 Å². The van der Waals surface area contributed by atoms with Crippen LogP contribution in [-0.2, 0) is 0 Å². The number of hydrogen-bond donors (Lipinski definition) is 1. The fraction of sp³-hybridized carbons (Fsp3) is 0.0769. The van der Waals surface area contributed by atoms with Gasteiger partial charge in [0, 0.05) is 6.20 Å². The normalized spacial score (nSPS) is 10.1. The molecule has 2 aromatic rings. The molecule has 0 radical (unpaired) electrons. The van der Waals surface area contributed by atoms with Crippen molar-refractivity contribution in [1.29, 1.82) is 5.26 Å². The number of hydrogen-bond acceptors (Lipinski definition) is 3. The average Bonchev–Trinajstić information content (AvgIpc) is 2.41. The first-order valence-electron chi connectivity index (χ1n) is 5.31. The Morgan fingerprint density at radius 2 is 1.89 bits per heavy atom. The van der Waals surface area contributed by atoms with Gasteiger partial charge < -0.3 is 5.32 Å². The van der Waals surface area contributed by atoms with E-state index in [9.17, 15) is 0 Å². The first kappa shape index (κ1) is 14.0. The first-order chi connectivity index (χ1) is 9.04. The molecular weight excluding hydrogens is 305 g/mol. The predicted octanol–water partition coefficient (Wildman–Crippen LogP) is 4.97. The van der Waals surface area contributed by atoms with Crippen molar-refractivity contribution in [2.45, 2.75) is 6.92 Å². The number of nitrogens with one attached hydrogen (secondary N) is 1. The highest BCUT2D eigenvalue weighted by atomic mass is 35.5. The van der Waals surface area contributed by atoms with Crippen LogP contribution in [0.5, 0.6) is 0 Å². The first-order valence-corrected chi connectivity index (χ1v) is 6.44. The molecule has 19 heavy (non-hydrogen) atoms. The molecule has 0 fully saturated rings. The van der Waals surface area contributed by atoms with Crippen molar-refractivity contribution in [3.8, 4) is 6.07 Å². The molecule has 6 heteroatoms. The molecule has 3 nitrogen and oxygen atoms in total. The third-order valence-corrected chi connectivity index (χ3v) is 3.72. The maximum atomic E-state index is 8.92. The minimum atomic E-state index is 0.235. The van der Waals surface area contributed by atoms with Gasteiger partial charge in [0.05, 0.1) is 21.3 Å². The average molecular weight is 313 g/mol. The van der Waals surface area contributed by atoms with Gasteiger partial charge in [0.25, 0.3) is 0 Å². The molecule has 1 aromatic carbocycles. The summed E-state index contributed by atoms with van der Waals surface area (Å²) in [7, 11) is 0. The Balaban J connectivity index is 2.49. The summed E-state index contributed by atoms with van der Waals surface area (Å²) in [5.74, 6) is 0.343. The summed E-state index contributed by atoms with van der Waals surface area (Å²) in [6.45, 7) is 1.87. The summed E-state index contributed by atoms with van der Waals surface area (Å²) in [4.78, 5) is 4.08. The van der Waals surface area contributed by atoms with E-state index in [1.54, 1.807) is 6.07 Å². The summed E-state index contributed by atoms with van der Waals surface area (Å²) < 4.78 is 0. The highest BCUT2D eigenvalue weighted by Crippen LogP contribution is 2.36. The monoisotopic (exact) mass is 311 g/mol. The number of benzene rings is 1. The van der Waals surface area contributed by atoms with Gasteiger partial charge in [-0.15, -0.1) is 0 Å². The lowest BCUT2D eigenvalue weighted by Crippen LogP contribution is -1.98. The fourth-order valence-electron chi connectivity index (χ4n) is 1.51. The van der Waals surface area contributed by atoms with E-state index in [1.807, 2.05) is 19.1 Å². The van der Waals surface area contributed by atoms with E-state index >= 15 is 0 Å². The predicted molar refractivity (Wildman–Crippen MR) is 78.4 cm³/mol. The molecule has 0 saturated heterocycles. The van der Waals surface area contributed by atoms with E-state index in [0.29, 0.717) is 27.1 Å². The molecule has 0 amide bonds. The Morgan fingerprint density at radius 1 is 1.16 bits per heavy atom. The Morgan fingerprint density at radius 3 is 2.58 bits per heavy atom. The zero-order chi connectivity index (χ0) is 14.0. The standard InChI is InChI=1S/C13H8Cl3N3/c1-7-2-3-9(14)12(10(7)15)19-13-11(16)8(6-17)4-5-18-13/h2-5H,1H3,(H,18,19). The van der Waals surface area contributed by atoms with Crippen LogP contribution in [0.4, 0.5) is 11.5 Å². The summed E-state index contributed by atoms with van der Waals surface area (Å²) in [6, 6.07) is 7.06. The molecule has 0 aliphatic rings. The molecular formula is C13H8Cl3N3. The van der Waals surface area contributed by atoms with Gasteiger partial charge in [-0.2, -0.15) is 5.26 Å². The topological polar surface area (TPSA) is 48.7 Å². The summed E-state index contributed by atoms with van der Waals surface area (Å²) in [5, 5.41) is 13.1. The van der Waals surface area contributed by atoms with E-state index in [2.05, 4.69) is 10.3 Å². The lowest BCUT2D eigenvalue weighted by molar-refractivity contribution is 1.29. The highest BCUT2D eigenvalue weighted by molar-refractivity contribution is 6.40. The Kier molecular flexibility index (Phi) is 4.16. The molecule has 0 aliphatic heterocycles. The van der Waals surface area contributed by atoms with E-state index in [-0.39, 0.29) is 5.02 Å². The molecule has 0 unspecified atom stereocenters. The third kappa shape index (κ3) is 2.76. The smallest absolute Gasteiger partial charge is 0.150 e. The van der Waals surface area contributed by atoms with Crippen LogP contribution in [0, 0.1) is 18.3 Å². The Bertz CT molecular complexity index is 678. The molecule has 1 aromatic heterocycles. The fourth-order valence-corrected chi connectivity index (χ4v) is 2.17. The van der Waals surface area contributed by atoms with Crippen molar-refractivity contribution in [2.75, 3.05) is 5.32 Å². The Labute approximate surface area is 125 Å². The van der Waals surface area contributed by atoms with Gasteiger partial charge >= 0.3 is 0 Å². The lowest BCUT2D eigenvalue weighted by Gasteiger charge is -2.12. The van der Waals surface area contributed by atoms with Gasteiger partial charge in [-0.05, 0) is 24.6 Å². The molecule has 96 valence electrons. The molecule has 1 heterocycles. The number of anilines is 2. The van der Waals surface area contributed by atoms with E-state index in [1.165, 1.54) is 12.3 Å². The molecule has 0 atom stereocenters. The number of aryl methyl sites for hydroxylation is 1. The second kappa shape index (κ2) is 5.66. The van der Waals surface area contributed by atoms with E-state index in [4.69, 9.17) is 40.1 Å². The van der Waals surface area contributed by atoms with Crippen LogP contribution in [0.15, 0.2) is 24.4 Å². The lowest BCUT2D eigenvalue weighted by atomic mass is 10.2. The van der Waals surface area contributed by atoms with Crippen LogP contribution in [0.1, 0.15) is 11.1 Å². The maximum absolute atomic E-state index is 8.92. The van der Waals surface area contributed by atoms with Crippen LogP contribution in [0.2, 0.25) is 15.1 Å². The second-order valence-electron chi connectivity index (χ2n) is 3.81. The zero-order valence-corrected chi connectivity index (χ0v) is 12.1. The van der Waals surface area contributed by atoms with Crippen LogP contribution in [0.25, 0.3) is 0 Å². The van der Waals surface area contributed by atoms with Crippen LogP contribution < -0.4 is 5.32 Å². The molecule has 0 spiro atoms. The number of aromatic nitrogens is 1. The van der Waals surface area contributed by atoms with Crippen molar-refractivity contribution < 1.29 is 0 Å². The van der Waals surface area contributed by atoms with Gasteiger partial charge in [0.2, 0.25) is 0 Å². The van der Waals surface area contributed by atoms with Crippen molar-refractivity contribution in [3.63, 3.8) is 0 Å². The molecule has 2 rings (SSSR count). The van der Waals surface area contributed by atoms with Gasteiger partial charge in [-0.1, -0.05) is 40.9 Å². The number of rotatable bonds is 2. The zero-order valence-electron chi connectivity index (χ0n) is 9.84. The maximum Gasteiger partial charge on any atom is 0.150 e. The minimum Gasteiger partial charge on any atom is -0.337 e. The van der Waals surface area contributed by atoms with Gasteiger partial charge in [-0.25, -0.2) is 4.98 Å². The van der Waals surface area contributed by atoms with Crippen molar-refractivity contribution >= 4 is 46.3 Å². The minimum absolute atomic E-state index is 0.235. The second-order valence-corrected chi connectivity index (χ2v) is 4.97. The van der Waals surface area contributed by atoms with Crippen molar-refractivity contribution in [1.82, 2.24) is 4.98 Å². The van der Waals surface area contributed by atoms with Gasteiger partial charge in [0.1, 0.15) is 11.1 Å². The van der Waals surface area contributed by atoms with Crippen molar-refractivity contribution in [3.05, 3.63) is 50.6 Å². The molecule has 0 saturated carbocycles. The molecule has 0 bridgehead atoms. The highest BCUT2D eigenvalue weighted by Gasteiger charge is 2.13. The van der Waals surface area contributed by atoms with E-state index < -0.39 is 0 Å². The van der Waals surface area contributed by atoms with E-state index in [0.717, 1.165) is 5.56 Å². The summed E-state index contributed by atoms with van der Waals surface area (Å²) in [6.07, 6.45) is 1.49. The number of nitrogens with zero attached hydrogens (tertiary/aromatic N) is 2. The Hall–Kier alpha value is -1.47. The van der Waals surface area contributed by atoms with Gasteiger partial charge in [-0.3, -0.25) is 0 Å². The number of pyridine rings is 1. The quantitative estimate of drug-likeness (QED) is 0.852. The molecule has 1 N–H and O–H groups in total. The summed E-state index contributed by atoms with van der Waals surface area (Å²) >= 11 is 18.4. The van der Waals surface area contributed by atoms with Crippen LogP contribution in [-0.4, -0.2) is 4.98 Å². The largest absolute Gasteiger partial charge is 0.337 e. The van der Waals surface area contributed by atoms with Crippen LogP contribution in [0.3, 0.4) is 0 Å². The summed E-state index contributed by atoms with van der Waals surface area (Å²) in [5.41, 5.74) is 1.73. The van der Waals surface area contributed by atoms with Crippen LogP contribution >= 0.6 is 34.8 Å². The third-order valence-electron chi connectivity index (χ3n) is 2.54. The number of nitriles is 1. The van der Waals surface area contributed by atoms with Crippen molar-refractivity contribution in [2.24, 2.45) is 0 Å². The molecule has 0 aliphatic carbocycles. The SMILES string of the molecule is Cc1ccc(Cl)c(Nc2nccc(C#N)c2Cl)c1Cl. The number of halogens is 3.